The summed E-state index contributed by atoms with van der Waals surface area (Å²) in [6, 6.07) is 9.00. The van der Waals surface area contributed by atoms with Gasteiger partial charge in [0.15, 0.2) is 5.69 Å². The molecule has 1 aromatic heterocycles. The fraction of sp³-hybridized carbons (Fsp3) is 0.0833. The van der Waals surface area contributed by atoms with E-state index in [9.17, 15) is 18.0 Å². The molecule has 0 atom stereocenters. The molecule has 19 heavy (non-hydrogen) atoms. The van der Waals surface area contributed by atoms with Gasteiger partial charge >= 0.3 is 12.1 Å². The molecular formula is C12H7F3N2O2. The van der Waals surface area contributed by atoms with Gasteiger partial charge in [-0.05, 0) is 6.07 Å². The normalized spacial score (nSPS) is 11.3. The predicted octanol–water partition coefficient (Wildman–Crippen LogP) is 2.86. The number of aromatic nitrogens is 2. The number of hydrogen-bond donors (Lipinski definition) is 1. The second-order valence-electron chi connectivity index (χ2n) is 3.63. The van der Waals surface area contributed by atoms with E-state index in [1.165, 1.54) is 12.1 Å². The van der Waals surface area contributed by atoms with Crippen molar-refractivity contribution < 1.29 is 23.1 Å². The Morgan fingerprint density at radius 2 is 1.74 bits per heavy atom. The van der Waals surface area contributed by atoms with Crippen LogP contribution in [0.15, 0.2) is 36.4 Å². The zero-order valence-corrected chi connectivity index (χ0v) is 9.35. The van der Waals surface area contributed by atoms with Crippen LogP contribution in [0.4, 0.5) is 13.2 Å². The number of halogens is 3. The monoisotopic (exact) mass is 268 g/mol. The molecule has 1 N–H and O–H groups in total. The molecule has 2 aromatic rings. The summed E-state index contributed by atoms with van der Waals surface area (Å²) in [5.41, 5.74) is -0.389. The van der Waals surface area contributed by atoms with Gasteiger partial charge in [0, 0.05) is 5.56 Å². The summed E-state index contributed by atoms with van der Waals surface area (Å²) in [5, 5.41) is 8.79. The Morgan fingerprint density at radius 3 is 2.26 bits per heavy atom. The van der Waals surface area contributed by atoms with Gasteiger partial charge in [-0.2, -0.15) is 13.2 Å². The van der Waals surface area contributed by atoms with Crippen molar-refractivity contribution in [3.63, 3.8) is 0 Å². The van der Waals surface area contributed by atoms with Crippen molar-refractivity contribution in [3.05, 3.63) is 47.9 Å². The Hall–Kier alpha value is -2.44. The quantitative estimate of drug-likeness (QED) is 0.909. The summed E-state index contributed by atoms with van der Waals surface area (Å²) >= 11 is 0. The van der Waals surface area contributed by atoms with Crippen LogP contribution in [0, 0.1) is 0 Å². The van der Waals surface area contributed by atoms with Crippen molar-refractivity contribution in [3.8, 4) is 11.3 Å². The number of nitrogens with zero attached hydrogens (tertiary/aromatic N) is 2. The highest BCUT2D eigenvalue weighted by Crippen LogP contribution is 2.28. The molecule has 1 aromatic carbocycles. The summed E-state index contributed by atoms with van der Waals surface area (Å²) in [5.74, 6) is -3.00. The molecule has 0 bridgehead atoms. The average molecular weight is 268 g/mol. The number of carbonyl (C=O) groups is 1. The van der Waals surface area contributed by atoms with Crippen LogP contribution < -0.4 is 0 Å². The maximum Gasteiger partial charge on any atom is 0.451 e. The second-order valence-corrected chi connectivity index (χ2v) is 3.63. The molecule has 0 aliphatic heterocycles. The molecule has 0 unspecified atom stereocenters. The smallest absolute Gasteiger partial charge is 0.451 e. The molecule has 0 aliphatic rings. The highest BCUT2D eigenvalue weighted by molar-refractivity contribution is 5.86. The maximum absolute atomic E-state index is 12.6. The number of alkyl halides is 3. The van der Waals surface area contributed by atoms with Crippen molar-refractivity contribution in [1.29, 1.82) is 0 Å². The Balaban J connectivity index is 2.62. The van der Waals surface area contributed by atoms with Crippen LogP contribution in [0.5, 0.6) is 0 Å². The lowest BCUT2D eigenvalue weighted by Gasteiger charge is -2.08. The number of aromatic carboxylic acids is 1. The van der Waals surface area contributed by atoms with E-state index in [4.69, 9.17) is 5.11 Å². The first-order valence-corrected chi connectivity index (χ1v) is 5.13. The van der Waals surface area contributed by atoms with E-state index >= 15 is 0 Å². The number of hydrogen-bond acceptors (Lipinski definition) is 3. The molecule has 0 amide bonds. The lowest BCUT2D eigenvalue weighted by atomic mass is 10.1. The van der Waals surface area contributed by atoms with Crippen LogP contribution in [0.25, 0.3) is 11.3 Å². The SMILES string of the molecule is O=C(O)c1cc(-c2ccccc2)nc(C(F)(F)F)n1. The van der Waals surface area contributed by atoms with Gasteiger partial charge in [-0.25, -0.2) is 14.8 Å². The number of carboxylic acid groups (broad SMARTS) is 1. The van der Waals surface area contributed by atoms with E-state index in [2.05, 4.69) is 9.97 Å². The summed E-state index contributed by atoms with van der Waals surface area (Å²) in [6.07, 6.45) is -4.80. The Labute approximate surface area is 105 Å². The lowest BCUT2D eigenvalue weighted by Crippen LogP contribution is -2.15. The Bertz CT molecular complexity index is 612. The van der Waals surface area contributed by atoms with Crippen LogP contribution in [-0.2, 0) is 6.18 Å². The lowest BCUT2D eigenvalue weighted by molar-refractivity contribution is -0.144. The first-order chi connectivity index (χ1) is 8.88. The van der Waals surface area contributed by atoms with Crippen molar-refractivity contribution in [1.82, 2.24) is 9.97 Å². The first-order valence-electron chi connectivity index (χ1n) is 5.13. The minimum absolute atomic E-state index is 0.0830. The molecule has 2 rings (SSSR count). The standard InChI is InChI=1S/C12H7F3N2O2/c13-12(14,15)11-16-8(6-9(17-11)10(18)19)7-4-2-1-3-5-7/h1-6H,(H,18,19). The van der Waals surface area contributed by atoms with E-state index in [0.717, 1.165) is 6.07 Å². The maximum atomic E-state index is 12.6. The van der Waals surface area contributed by atoms with E-state index < -0.39 is 23.7 Å². The molecule has 0 radical (unpaired) electrons. The van der Waals surface area contributed by atoms with Gasteiger partial charge in [0.2, 0.25) is 5.82 Å². The molecular weight excluding hydrogens is 261 g/mol. The molecule has 4 nitrogen and oxygen atoms in total. The van der Waals surface area contributed by atoms with Gasteiger partial charge in [-0.15, -0.1) is 0 Å². The topological polar surface area (TPSA) is 63.1 Å². The minimum atomic E-state index is -4.80. The van der Waals surface area contributed by atoms with Crippen molar-refractivity contribution in [2.75, 3.05) is 0 Å². The number of carboxylic acids is 1. The van der Waals surface area contributed by atoms with Crippen LogP contribution in [0.1, 0.15) is 16.3 Å². The molecule has 0 spiro atoms. The summed E-state index contributed by atoms with van der Waals surface area (Å²) < 4.78 is 37.8. The fourth-order valence-corrected chi connectivity index (χ4v) is 1.44. The van der Waals surface area contributed by atoms with E-state index in [1.54, 1.807) is 18.2 Å². The van der Waals surface area contributed by atoms with Crippen molar-refractivity contribution in [2.24, 2.45) is 0 Å². The third-order valence-corrected chi connectivity index (χ3v) is 2.27. The number of benzene rings is 1. The van der Waals surface area contributed by atoms with Gasteiger partial charge in [0.05, 0.1) is 5.69 Å². The second kappa shape index (κ2) is 4.68. The fourth-order valence-electron chi connectivity index (χ4n) is 1.44. The average Bonchev–Trinajstić information content (AvgIpc) is 2.38. The first kappa shape index (κ1) is 13.0. The summed E-state index contributed by atoms with van der Waals surface area (Å²) in [6.45, 7) is 0. The van der Waals surface area contributed by atoms with Gasteiger partial charge in [0.25, 0.3) is 0 Å². The third-order valence-electron chi connectivity index (χ3n) is 2.27. The molecule has 0 aliphatic carbocycles. The van der Waals surface area contributed by atoms with Gasteiger partial charge in [0.1, 0.15) is 0 Å². The Morgan fingerprint density at radius 1 is 1.11 bits per heavy atom. The molecule has 0 fully saturated rings. The zero-order chi connectivity index (χ0) is 14.0. The van der Waals surface area contributed by atoms with Crippen LogP contribution in [0.3, 0.4) is 0 Å². The third kappa shape index (κ3) is 2.87. The predicted molar refractivity (Wildman–Crippen MR) is 59.4 cm³/mol. The zero-order valence-electron chi connectivity index (χ0n) is 9.35. The van der Waals surface area contributed by atoms with E-state index in [0.29, 0.717) is 5.56 Å². The van der Waals surface area contributed by atoms with E-state index in [-0.39, 0.29) is 5.69 Å². The molecule has 7 heteroatoms. The van der Waals surface area contributed by atoms with E-state index in [1.807, 2.05) is 0 Å². The molecule has 0 saturated carbocycles. The highest BCUT2D eigenvalue weighted by atomic mass is 19.4. The largest absolute Gasteiger partial charge is 0.477 e. The van der Waals surface area contributed by atoms with Crippen molar-refractivity contribution >= 4 is 5.97 Å². The molecule has 1 heterocycles. The van der Waals surface area contributed by atoms with Crippen LogP contribution >= 0.6 is 0 Å². The summed E-state index contributed by atoms with van der Waals surface area (Å²) in [7, 11) is 0. The number of rotatable bonds is 2. The highest BCUT2D eigenvalue weighted by Gasteiger charge is 2.36. The van der Waals surface area contributed by atoms with Gasteiger partial charge in [-0.1, -0.05) is 30.3 Å². The molecule has 0 saturated heterocycles. The Kier molecular flexibility index (Phi) is 3.20. The summed E-state index contributed by atoms with van der Waals surface area (Å²) in [4.78, 5) is 17.2. The van der Waals surface area contributed by atoms with Crippen LogP contribution in [0.2, 0.25) is 0 Å². The van der Waals surface area contributed by atoms with Crippen LogP contribution in [-0.4, -0.2) is 21.0 Å². The molecule has 98 valence electrons. The van der Waals surface area contributed by atoms with Crippen molar-refractivity contribution in [2.45, 2.75) is 6.18 Å². The minimum Gasteiger partial charge on any atom is -0.477 e. The van der Waals surface area contributed by atoms with Gasteiger partial charge in [-0.3, -0.25) is 0 Å². The van der Waals surface area contributed by atoms with Gasteiger partial charge < -0.3 is 5.11 Å².